The van der Waals surface area contributed by atoms with Crippen LogP contribution in [0.2, 0.25) is 0 Å². The highest BCUT2D eigenvalue weighted by Gasteiger charge is 2.22. The molecule has 0 bridgehead atoms. The van der Waals surface area contributed by atoms with E-state index < -0.39 is 0 Å². The topological polar surface area (TPSA) is 29.0 Å². The number of rotatable bonds is 2. The predicted octanol–water partition coefficient (Wildman–Crippen LogP) is 1.85. The molecule has 0 aromatic carbocycles. The van der Waals surface area contributed by atoms with E-state index in [2.05, 4.69) is 14.9 Å². The lowest BCUT2D eigenvalue weighted by atomic mass is 10.2. The first-order valence-corrected chi connectivity index (χ1v) is 5.42. The summed E-state index contributed by atoms with van der Waals surface area (Å²) in [6, 6.07) is 2.02. The van der Waals surface area contributed by atoms with Crippen molar-refractivity contribution >= 4 is 17.4 Å². The molecule has 2 rings (SSSR count). The van der Waals surface area contributed by atoms with Gasteiger partial charge in [-0.05, 0) is 19.3 Å². The highest BCUT2D eigenvalue weighted by atomic mass is 35.5. The van der Waals surface area contributed by atoms with Crippen LogP contribution < -0.4 is 4.90 Å². The molecule has 0 N–H and O–H groups in total. The van der Waals surface area contributed by atoms with Crippen LogP contribution in [0.25, 0.3) is 0 Å². The van der Waals surface area contributed by atoms with E-state index in [4.69, 9.17) is 11.6 Å². The molecule has 3 nitrogen and oxygen atoms in total. The third kappa shape index (κ3) is 1.98. The summed E-state index contributed by atoms with van der Waals surface area (Å²) in [6.07, 6.45) is 2.80. The second-order valence-electron chi connectivity index (χ2n) is 3.77. The summed E-state index contributed by atoms with van der Waals surface area (Å²) >= 11 is 5.83. The molecule has 1 aliphatic heterocycles. The van der Waals surface area contributed by atoms with Crippen molar-refractivity contribution in [3.05, 3.63) is 18.1 Å². The predicted molar refractivity (Wildman–Crippen MR) is 57.8 cm³/mol. The van der Waals surface area contributed by atoms with Crippen LogP contribution in [0.15, 0.2) is 12.4 Å². The Morgan fingerprint density at radius 1 is 1.57 bits per heavy atom. The Morgan fingerprint density at radius 3 is 3.07 bits per heavy atom. The van der Waals surface area contributed by atoms with Crippen LogP contribution in [-0.2, 0) is 0 Å². The fraction of sp³-hybridized carbons (Fsp3) is 0.600. The fourth-order valence-corrected chi connectivity index (χ4v) is 2.03. The molecule has 2 heterocycles. The number of nitrogens with zero attached hydrogens (tertiary/aromatic N) is 3. The number of alkyl halides is 1. The molecule has 1 aliphatic rings. The second kappa shape index (κ2) is 4.13. The Balaban J connectivity index is 2.09. The summed E-state index contributed by atoms with van der Waals surface area (Å²) in [5.41, 5.74) is 1.02. The van der Waals surface area contributed by atoms with Gasteiger partial charge in [0.25, 0.3) is 0 Å². The van der Waals surface area contributed by atoms with Crippen molar-refractivity contribution in [1.29, 1.82) is 0 Å². The summed E-state index contributed by atoms with van der Waals surface area (Å²) in [4.78, 5) is 10.6. The SMILES string of the molecule is Cc1cc(N2CCC(CCl)C2)ncn1. The standard InChI is InChI=1S/C10H14ClN3/c1-8-4-10(13-7-12-8)14-3-2-9(5-11)6-14/h4,7,9H,2-3,5-6H2,1H3. The normalized spacial score (nSPS) is 21.6. The zero-order chi connectivity index (χ0) is 9.97. The Kier molecular flexibility index (Phi) is 2.87. The van der Waals surface area contributed by atoms with E-state index in [0.29, 0.717) is 5.92 Å². The summed E-state index contributed by atoms with van der Waals surface area (Å²) in [7, 11) is 0. The summed E-state index contributed by atoms with van der Waals surface area (Å²) in [6.45, 7) is 4.08. The average molecular weight is 212 g/mol. The lowest BCUT2D eigenvalue weighted by Crippen LogP contribution is -2.21. The summed E-state index contributed by atoms with van der Waals surface area (Å²) in [5.74, 6) is 2.40. The number of aryl methyl sites for hydroxylation is 1. The molecule has 0 radical (unpaired) electrons. The highest BCUT2D eigenvalue weighted by Crippen LogP contribution is 2.22. The maximum absolute atomic E-state index is 5.83. The van der Waals surface area contributed by atoms with Gasteiger partial charge in [0.15, 0.2) is 0 Å². The fourth-order valence-electron chi connectivity index (χ4n) is 1.78. The van der Waals surface area contributed by atoms with Crippen molar-refractivity contribution in [2.75, 3.05) is 23.9 Å². The van der Waals surface area contributed by atoms with Crippen molar-refractivity contribution in [2.24, 2.45) is 5.92 Å². The van der Waals surface area contributed by atoms with E-state index in [1.54, 1.807) is 6.33 Å². The summed E-state index contributed by atoms with van der Waals surface area (Å²) in [5, 5.41) is 0. The summed E-state index contributed by atoms with van der Waals surface area (Å²) < 4.78 is 0. The third-order valence-corrected chi connectivity index (χ3v) is 3.05. The van der Waals surface area contributed by atoms with Crippen LogP contribution in [0.1, 0.15) is 12.1 Å². The molecule has 1 saturated heterocycles. The van der Waals surface area contributed by atoms with Gasteiger partial charge in [0.05, 0.1) is 0 Å². The minimum Gasteiger partial charge on any atom is -0.356 e. The molecular formula is C10H14ClN3. The maximum Gasteiger partial charge on any atom is 0.132 e. The van der Waals surface area contributed by atoms with Crippen LogP contribution in [0.4, 0.5) is 5.82 Å². The quantitative estimate of drug-likeness (QED) is 0.700. The molecule has 1 unspecified atom stereocenters. The first-order valence-electron chi connectivity index (χ1n) is 4.89. The average Bonchev–Trinajstić information content (AvgIpc) is 2.66. The molecule has 0 spiro atoms. The van der Waals surface area contributed by atoms with Gasteiger partial charge in [-0.1, -0.05) is 0 Å². The monoisotopic (exact) mass is 211 g/mol. The van der Waals surface area contributed by atoms with Crippen molar-refractivity contribution in [2.45, 2.75) is 13.3 Å². The smallest absolute Gasteiger partial charge is 0.132 e. The van der Waals surface area contributed by atoms with Gasteiger partial charge in [-0.15, -0.1) is 11.6 Å². The maximum atomic E-state index is 5.83. The minimum atomic E-state index is 0.618. The Bertz CT molecular complexity index is 316. The van der Waals surface area contributed by atoms with Crippen molar-refractivity contribution in [3.63, 3.8) is 0 Å². The molecule has 1 aromatic heterocycles. The zero-order valence-corrected chi connectivity index (χ0v) is 9.04. The minimum absolute atomic E-state index is 0.618. The van der Waals surface area contributed by atoms with E-state index in [9.17, 15) is 0 Å². The van der Waals surface area contributed by atoms with Crippen LogP contribution in [0, 0.1) is 12.8 Å². The first kappa shape index (κ1) is 9.71. The van der Waals surface area contributed by atoms with E-state index in [1.165, 1.54) is 6.42 Å². The van der Waals surface area contributed by atoms with Crippen molar-refractivity contribution < 1.29 is 0 Å². The lowest BCUT2D eigenvalue weighted by Gasteiger charge is -2.16. The molecule has 1 aromatic rings. The molecule has 4 heteroatoms. The Hall–Kier alpha value is -0.830. The lowest BCUT2D eigenvalue weighted by molar-refractivity contribution is 0.666. The van der Waals surface area contributed by atoms with Gasteiger partial charge in [0.1, 0.15) is 12.1 Å². The number of halogens is 1. The Morgan fingerprint density at radius 2 is 2.43 bits per heavy atom. The van der Waals surface area contributed by atoms with Crippen LogP contribution >= 0.6 is 11.6 Å². The van der Waals surface area contributed by atoms with Crippen molar-refractivity contribution in [1.82, 2.24) is 9.97 Å². The number of anilines is 1. The molecule has 0 saturated carbocycles. The van der Waals surface area contributed by atoms with Gasteiger partial charge < -0.3 is 4.90 Å². The molecule has 14 heavy (non-hydrogen) atoms. The van der Waals surface area contributed by atoms with Crippen LogP contribution in [-0.4, -0.2) is 28.9 Å². The Labute approximate surface area is 89.1 Å². The third-order valence-electron chi connectivity index (χ3n) is 2.62. The van der Waals surface area contributed by atoms with Gasteiger partial charge in [-0.3, -0.25) is 0 Å². The molecule has 0 amide bonds. The molecular weight excluding hydrogens is 198 g/mol. The molecule has 0 aliphatic carbocycles. The molecule has 1 atom stereocenters. The van der Waals surface area contributed by atoms with Crippen LogP contribution in [0.3, 0.4) is 0 Å². The van der Waals surface area contributed by atoms with E-state index in [0.717, 1.165) is 30.5 Å². The van der Waals surface area contributed by atoms with Crippen molar-refractivity contribution in [3.8, 4) is 0 Å². The van der Waals surface area contributed by atoms with Gasteiger partial charge in [0, 0.05) is 30.7 Å². The van der Waals surface area contributed by atoms with E-state index in [1.807, 2.05) is 13.0 Å². The van der Waals surface area contributed by atoms with Gasteiger partial charge in [0.2, 0.25) is 0 Å². The van der Waals surface area contributed by atoms with Gasteiger partial charge in [-0.2, -0.15) is 0 Å². The highest BCUT2D eigenvalue weighted by molar-refractivity contribution is 6.18. The number of hydrogen-bond donors (Lipinski definition) is 0. The largest absolute Gasteiger partial charge is 0.356 e. The number of hydrogen-bond acceptors (Lipinski definition) is 3. The molecule has 76 valence electrons. The van der Waals surface area contributed by atoms with E-state index in [-0.39, 0.29) is 0 Å². The first-order chi connectivity index (χ1) is 6.79. The molecule has 1 fully saturated rings. The number of aromatic nitrogens is 2. The van der Waals surface area contributed by atoms with Gasteiger partial charge in [-0.25, -0.2) is 9.97 Å². The zero-order valence-electron chi connectivity index (χ0n) is 8.28. The van der Waals surface area contributed by atoms with Crippen LogP contribution in [0.5, 0.6) is 0 Å². The van der Waals surface area contributed by atoms with Gasteiger partial charge >= 0.3 is 0 Å². The van der Waals surface area contributed by atoms with E-state index >= 15 is 0 Å². The second-order valence-corrected chi connectivity index (χ2v) is 4.08.